The van der Waals surface area contributed by atoms with Gasteiger partial charge in [0.05, 0.1) is 0 Å². The highest BCUT2D eigenvalue weighted by molar-refractivity contribution is 9.10. The summed E-state index contributed by atoms with van der Waals surface area (Å²) in [7, 11) is 1.92. The summed E-state index contributed by atoms with van der Waals surface area (Å²) in [5, 5.41) is 7.60. The van der Waals surface area contributed by atoms with Crippen LogP contribution in [0.25, 0.3) is 0 Å². The molecule has 1 aromatic carbocycles. The number of hydrogen-bond acceptors (Lipinski definition) is 3. The highest BCUT2D eigenvalue weighted by atomic mass is 79.9. The molecule has 0 fully saturated rings. The number of aryl methyl sites for hydroxylation is 1. The van der Waals surface area contributed by atoms with Crippen molar-refractivity contribution in [3.8, 4) is 0 Å². The quantitative estimate of drug-likeness (QED) is 0.922. The molecule has 1 atom stereocenters. The topological polar surface area (TPSA) is 42.7 Å². The third-order valence-electron chi connectivity index (χ3n) is 2.91. The summed E-state index contributed by atoms with van der Waals surface area (Å²) in [6, 6.07) is 8.67. The van der Waals surface area contributed by atoms with Crippen LogP contribution in [-0.4, -0.2) is 21.3 Å². The molecule has 4 nitrogen and oxygen atoms in total. The van der Waals surface area contributed by atoms with E-state index >= 15 is 0 Å². The van der Waals surface area contributed by atoms with Gasteiger partial charge in [0.1, 0.15) is 12.2 Å². The van der Waals surface area contributed by atoms with Crippen molar-refractivity contribution < 1.29 is 0 Å². The van der Waals surface area contributed by atoms with Gasteiger partial charge in [0, 0.05) is 24.0 Å². The third kappa shape index (κ3) is 3.17. The summed E-state index contributed by atoms with van der Waals surface area (Å²) >= 11 is 3.46. The zero-order chi connectivity index (χ0) is 13.0. The Morgan fingerprint density at radius 1 is 1.33 bits per heavy atom. The maximum Gasteiger partial charge on any atom is 0.138 e. The van der Waals surface area contributed by atoms with Crippen molar-refractivity contribution in [2.24, 2.45) is 7.05 Å². The lowest BCUT2D eigenvalue weighted by atomic mass is 10.0. The second-order valence-corrected chi connectivity index (χ2v) is 5.08. The van der Waals surface area contributed by atoms with E-state index in [1.807, 2.05) is 11.7 Å². The van der Waals surface area contributed by atoms with E-state index in [1.165, 1.54) is 5.56 Å². The predicted molar refractivity (Wildman–Crippen MR) is 75.3 cm³/mol. The molecule has 0 amide bonds. The maximum absolute atomic E-state index is 4.28. The van der Waals surface area contributed by atoms with Crippen LogP contribution in [-0.2, 0) is 13.5 Å². The number of halogens is 1. The largest absolute Gasteiger partial charge is 0.310 e. The first-order chi connectivity index (χ1) is 8.70. The second kappa shape index (κ2) is 6.11. The monoisotopic (exact) mass is 308 g/mol. The first kappa shape index (κ1) is 13.2. The number of nitrogens with zero attached hydrogens (tertiary/aromatic N) is 3. The van der Waals surface area contributed by atoms with Crippen LogP contribution in [0.3, 0.4) is 0 Å². The minimum Gasteiger partial charge on any atom is -0.310 e. The van der Waals surface area contributed by atoms with Gasteiger partial charge in [-0.25, -0.2) is 4.98 Å². The molecule has 1 aromatic heterocycles. The fourth-order valence-corrected chi connectivity index (χ4v) is 2.20. The van der Waals surface area contributed by atoms with Gasteiger partial charge in [-0.3, -0.25) is 4.68 Å². The molecule has 0 saturated heterocycles. The van der Waals surface area contributed by atoms with Crippen LogP contribution in [0.5, 0.6) is 0 Å². The lowest BCUT2D eigenvalue weighted by Gasteiger charge is -2.17. The van der Waals surface area contributed by atoms with Gasteiger partial charge in [0.15, 0.2) is 0 Å². The molecule has 2 aromatic rings. The Bertz CT molecular complexity index is 492. The lowest BCUT2D eigenvalue weighted by molar-refractivity contribution is 0.522. The molecule has 0 saturated carbocycles. The fourth-order valence-electron chi connectivity index (χ4n) is 1.94. The van der Waals surface area contributed by atoms with Crippen LogP contribution in [0, 0.1) is 0 Å². The average Bonchev–Trinajstić information content (AvgIpc) is 2.76. The molecule has 2 rings (SSSR count). The van der Waals surface area contributed by atoms with Crippen LogP contribution in [0.2, 0.25) is 0 Å². The molecular formula is C13H17BrN4. The Morgan fingerprint density at radius 2 is 2.06 bits per heavy atom. The number of benzene rings is 1. The summed E-state index contributed by atoms with van der Waals surface area (Å²) in [4.78, 5) is 4.28. The molecule has 5 heteroatoms. The normalized spacial score (nSPS) is 12.6. The van der Waals surface area contributed by atoms with Crippen molar-refractivity contribution >= 4 is 15.9 Å². The van der Waals surface area contributed by atoms with Gasteiger partial charge in [-0.05, 0) is 24.2 Å². The summed E-state index contributed by atoms with van der Waals surface area (Å²) in [5.74, 6) is 0.990. The SMILES string of the molecule is CCNC(Cc1ncnn1C)c1ccc(Br)cc1. The number of rotatable bonds is 5. The van der Waals surface area contributed by atoms with Gasteiger partial charge >= 0.3 is 0 Å². The summed E-state index contributed by atoms with van der Waals surface area (Å²) in [6.07, 6.45) is 2.44. The predicted octanol–water partition coefficient (Wildman–Crippen LogP) is 2.47. The Hall–Kier alpha value is -1.20. The number of likely N-dealkylation sites (N-methyl/N-ethyl adjacent to an activating group) is 1. The van der Waals surface area contributed by atoms with Crippen molar-refractivity contribution in [2.45, 2.75) is 19.4 Å². The number of hydrogen-bond donors (Lipinski definition) is 1. The van der Waals surface area contributed by atoms with Crippen LogP contribution in [0.1, 0.15) is 24.4 Å². The summed E-state index contributed by atoms with van der Waals surface area (Å²) < 4.78 is 2.92. The minimum absolute atomic E-state index is 0.269. The van der Waals surface area contributed by atoms with Gasteiger partial charge in [-0.2, -0.15) is 5.10 Å². The van der Waals surface area contributed by atoms with Gasteiger partial charge in [0.2, 0.25) is 0 Å². The third-order valence-corrected chi connectivity index (χ3v) is 3.44. The smallest absolute Gasteiger partial charge is 0.138 e. The van der Waals surface area contributed by atoms with Crippen LogP contribution in [0.4, 0.5) is 0 Å². The standard InChI is InChI=1S/C13H17BrN4/c1-3-15-12(8-13-16-9-17-18(13)2)10-4-6-11(14)7-5-10/h4-7,9,12,15H,3,8H2,1-2H3. The van der Waals surface area contributed by atoms with Gasteiger partial charge in [-0.15, -0.1) is 0 Å². The van der Waals surface area contributed by atoms with Crippen molar-refractivity contribution in [1.29, 1.82) is 0 Å². The summed E-state index contributed by atoms with van der Waals surface area (Å²) in [6.45, 7) is 3.04. The Kier molecular flexibility index (Phi) is 4.49. The van der Waals surface area contributed by atoms with E-state index in [0.29, 0.717) is 0 Å². The van der Waals surface area contributed by atoms with E-state index < -0.39 is 0 Å². The maximum atomic E-state index is 4.28. The van der Waals surface area contributed by atoms with E-state index in [2.05, 4.69) is 62.5 Å². The Morgan fingerprint density at radius 3 is 2.61 bits per heavy atom. The molecule has 96 valence electrons. The van der Waals surface area contributed by atoms with Crippen LogP contribution < -0.4 is 5.32 Å². The van der Waals surface area contributed by atoms with Crippen molar-refractivity contribution in [3.05, 3.63) is 46.5 Å². The average molecular weight is 309 g/mol. The Labute approximate surface area is 116 Å². The molecular weight excluding hydrogens is 292 g/mol. The molecule has 1 heterocycles. The molecule has 0 spiro atoms. The van der Waals surface area contributed by atoms with E-state index in [1.54, 1.807) is 6.33 Å². The summed E-state index contributed by atoms with van der Waals surface area (Å²) in [5.41, 5.74) is 1.27. The molecule has 0 aliphatic carbocycles. The lowest BCUT2D eigenvalue weighted by Crippen LogP contribution is -2.24. The molecule has 1 unspecified atom stereocenters. The minimum atomic E-state index is 0.269. The molecule has 0 aliphatic heterocycles. The molecule has 0 bridgehead atoms. The molecule has 0 aliphatic rings. The van der Waals surface area contributed by atoms with E-state index in [9.17, 15) is 0 Å². The van der Waals surface area contributed by atoms with Crippen molar-refractivity contribution in [2.75, 3.05) is 6.54 Å². The van der Waals surface area contributed by atoms with E-state index in [0.717, 1.165) is 23.3 Å². The van der Waals surface area contributed by atoms with Crippen LogP contribution >= 0.6 is 15.9 Å². The first-order valence-electron chi connectivity index (χ1n) is 6.02. The molecule has 18 heavy (non-hydrogen) atoms. The molecule has 1 N–H and O–H groups in total. The van der Waals surface area contributed by atoms with E-state index in [4.69, 9.17) is 0 Å². The Balaban J connectivity index is 2.18. The van der Waals surface area contributed by atoms with E-state index in [-0.39, 0.29) is 6.04 Å². The first-order valence-corrected chi connectivity index (χ1v) is 6.81. The molecule has 0 radical (unpaired) electrons. The van der Waals surface area contributed by atoms with Gasteiger partial charge < -0.3 is 5.32 Å². The van der Waals surface area contributed by atoms with Crippen molar-refractivity contribution in [3.63, 3.8) is 0 Å². The highest BCUT2D eigenvalue weighted by Crippen LogP contribution is 2.19. The zero-order valence-electron chi connectivity index (χ0n) is 10.6. The van der Waals surface area contributed by atoms with Crippen molar-refractivity contribution in [1.82, 2.24) is 20.1 Å². The highest BCUT2D eigenvalue weighted by Gasteiger charge is 2.13. The fraction of sp³-hybridized carbons (Fsp3) is 0.385. The number of nitrogens with one attached hydrogen (secondary N) is 1. The van der Waals surface area contributed by atoms with Crippen LogP contribution in [0.15, 0.2) is 35.1 Å². The second-order valence-electron chi connectivity index (χ2n) is 4.17. The zero-order valence-corrected chi connectivity index (χ0v) is 12.2. The number of aromatic nitrogens is 3. The van der Waals surface area contributed by atoms with Gasteiger partial charge in [-0.1, -0.05) is 35.0 Å². The van der Waals surface area contributed by atoms with Gasteiger partial charge in [0.25, 0.3) is 0 Å².